The number of hydrogen-bond acceptors (Lipinski definition) is 5. The van der Waals surface area contributed by atoms with Gasteiger partial charge >= 0.3 is 0 Å². The molecule has 2 N–H and O–H groups in total. The molecule has 2 aliphatic rings. The smallest absolute Gasteiger partial charge is 0.231 e. The first kappa shape index (κ1) is 10.3. The van der Waals surface area contributed by atoms with E-state index in [0.29, 0.717) is 19.4 Å². The van der Waals surface area contributed by atoms with Gasteiger partial charge in [0.2, 0.25) is 6.79 Å². The van der Waals surface area contributed by atoms with Crippen LogP contribution in [0.25, 0.3) is 0 Å². The average Bonchev–Trinajstić information content (AvgIpc) is 2.94. The summed E-state index contributed by atoms with van der Waals surface area (Å²) in [4.78, 5) is 4.35. The van der Waals surface area contributed by atoms with Crippen LogP contribution in [0.2, 0.25) is 0 Å². The minimum Gasteiger partial charge on any atom is -0.454 e. The van der Waals surface area contributed by atoms with Crippen LogP contribution in [-0.4, -0.2) is 25.3 Å². The molecule has 0 saturated heterocycles. The molecule has 2 aliphatic heterocycles. The first-order valence-electron chi connectivity index (χ1n) is 5.75. The van der Waals surface area contributed by atoms with Crippen molar-refractivity contribution in [1.29, 1.82) is 0 Å². The third-order valence-electron chi connectivity index (χ3n) is 2.83. The number of nitrogens with zero attached hydrogens (tertiary/aromatic N) is 1. The Morgan fingerprint density at radius 2 is 2.41 bits per heavy atom. The van der Waals surface area contributed by atoms with E-state index < -0.39 is 0 Å². The van der Waals surface area contributed by atoms with E-state index >= 15 is 0 Å². The van der Waals surface area contributed by atoms with E-state index in [2.05, 4.69) is 22.5 Å². The van der Waals surface area contributed by atoms with E-state index in [1.807, 2.05) is 18.2 Å². The number of aliphatic imine (C=N–C) groups is 1. The number of nitrogens with one attached hydrogen (secondary N) is 2. The normalized spacial score (nSPS) is 21.0. The summed E-state index contributed by atoms with van der Waals surface area (Å²) in [5.74, 6) is 2.51. The number of fused-ring (bicyclic) bond motifs is 1. The first-order valence-corrected chi connectivity index (χ1v) is 5.75. The van der Waals surface area contributed by atoms with Crippen LogP contribution in [0.15, 0.2) is 23.2 Å². The zero-order chi connectivity index (χ0) is 11.7. The van der Waals surface area contributed by atoms with Crippen molar-refractivity contribution < 1.29 is 9.47 Å². The standard InChI is InChI=1S/C12H15N3O2/c1-8-5-13-12(15-8)14-6-9-3-2-4-10-11(9)17-7-16-10/h2-4,8H,5-7H2,1H3,(H2,13,14,15). The summed E-state index contributed by atoms with van der Waals surface area (Å²) in [6, 6.07) is 6.33. The van der Waals surface area contributed by atoms with Gasteiger partial charge in [-0.25, -0.2) is 0 Å². The third kappa shape index (κ3) is 2.00. The monoisotopic (exact) mass is 233 g/mol. The van der Waals surface area contributed by atoms with Gasteiger partial charge in [0.25, 0.3) is 0 Å². The molecule has 0 fully saturated rings. The predicted molar refractivity (Wildman–Crippen MR) is 64.3 cm³/mol. The van der Waals surface area contributed by atoms with E-state index in [1.165, 1.54) is 0 Å². The van der Waals surface area contributed by atoms with Crippen molar-refractivity contribution >= 4 is 5.96 Å². The van der Waals surface area contributed by atoms with E-state index in [-0.39, 0.29) is 0 Å². The molecule has 90 valence electrons. The topological polar surface area (TPSA) is 54.9 Å². The lowest BCUT2D eigenvalue weighted by atomic mass is 10.2. The van der Waals surface area contributed by atoms with Crippen LogP contribution in [-0.2, 0) is 6.54 Å². The molecule has 1 unspecified atom stereocenters. The maximum absolute atomic E-state index is 5.44. The summed E-state index contributed by atoms with van der Waals surface area (Å²) < 4.78 is 10.8. The van der Waals surface area contributed by atoms with Crippen LogP contribution in [0.4, 0.5) is 0 Å². The predicted octanol–water partition coefficient (Wildman–Crippen LogP) is 0.853. The number of rotatable bonds is 2. The van der Waals surface area contributed by atoms with Gasteiger partial charge < -0.3 is 20.1 Å². The molecule has 0 aliphatic carbocycles. The Labute approximate surface area is 99.8 Å². The van der Waals surface area contributed by atoms with Crippen LogP contribution >= 0.6 is 0 Å². The van der Waals surface area contributed by atoms with Crippen molar-refractivity contribution in [2.75, 3.05) is 13.3 Å². The molecule has 0 bridgehead atoms. The quantitative estimate of drug-likeness (QED) is 0.795. The number of para-hydroxylation sites is 1. The highest BCUT2D eigenvalue weighted by molar-refractivity contribution is 5.81. The minimum atomic E-state index is 0.308. The van der Waals surface area contributed by atoms with Crippen molar-refractivity contribution in [1.82, 2.24) is 10.6 Å². The largest absolute Gasteiger partial charge is 0.454 e. The second-order valence-electron chi connectivity index (χ2n) is 4.24. The van der Waals surface area contributed by atoms with Gasteiger partial charge in [0.05, 0.1) is 6.54 Å². The molecule has 0 spiro atoms. The number of benzene rings is 1. The fraction of sp³-hybridized carbons (Fsp3) is 0.417. The van der Waals surface area contributed by atoms with Gasteiger partial charge in [-0.1, -0.05) is 12.1 Å². The molecule has 0 radical (unpaired) electrons. The van der Waals surface area contributed by atoms with E-state index in [1.54, 1.807) is 0 Å². The zero-order valence-electron chi connectivity index (χ0n) is 9.69. The highest BCUT2D eigenvalue weighted by Gasteiger charge is 2.18. The summed E-state index contributed by atoms with van der Waals surface area (Å²) in [7, 11) is 0. The molecule has 0 aromatic heterocycles. The highest BCUT2D eigenvalue weighted by atomic mass is 16.7. The van der Waals surface area contributed by atoms with Crippen molar-refractivity contribution in [2.24, 2.45) is 4.99 Å². The Bertz CT molecular complexity index is 459. The van der Waals surface area contributed by atoms with Crippen molar-refractivity contribution in [3.8, 4) is 11.5 Å². The van der Waals surface area contributed by atoms with Crippen LogP contribution in [0.3, 0.4) is 0 Å². The Morgan fingerprint density at radius 1 is 1.47 bits per heavy atom. The summed E-state index contributed by atoms with van der Waals surface area (Å²) in [5, 5.41) is 6.52. The van der Waals surface area contributed by atoms with Crippen LogP contribution in [0.5, 0.6) is 11.5 Å². The second-order valence-corrected chi connectivity index (χ2v) is 4.24. The highest BCUT2D eigenvalue weighted by Crippen LogP contribution is 2.35. The van der Waals surface area contributed by atoms with Gasteiger partial charge in [-0.15, -0.1) is 0 Å². The van der Waals surface area contributed by atoms with Gasteiger partial charge in [0.1, 0.15) is 0 Å². The Kier molecular flexibility index (Phi) is 2.51. The lowest BCUT2D eigenvalue weighted by Crippen LogP contribution is -2.37. The summed E-state index contributed by atoms with van der Waals surface area (Å²) >= 11 is 0. The summed E-state index contributed by atoms with van der Waals surface area (Å²) in [6.45, 7) is 3.93. The molecule has 5 nitrogen and oxygen atoms in total. The van der Waals surface area contributed by atoms with Gasteiger partial charge in [-0.2, -0.15) is 0 Å². The minimum absolute atomic E-state index is 0.308. The van der Waals surface area contributed by atoms with Crippen LogP contribution < -0.4 is 20.1 Å². The molecular weight excluding hydrogens is 218 g/mol. The maximum atomic E-state index is 5.44. The number of hydrogen-bond donors (Lipinski definition) is 2. The zero-order valence-corrected chi connectivity index (χ0v) is 9.69. The Balaban J connectivity index is 1.68. The summed E-state index contributed by atoms with van der Waals surface area (Å²) in [5.41, 5.74) is 1.09. The van der Waals surface area contributed by atoms with Gasteiger partial charge in [0, 0.05) is 18.2 Å². The van der Waals surface area contributed by atoms with Gasteiger partial charge in [-0.3, -0.25) is 4.99 Å². The van der Waals surface area contributed by atoms with Crippen LogP contribution in [0.1, 0.15) is 12.5 Å². The average molecular weight is 233 g/mol. The molecule has 1 atom stereocenters. The maximum Gasteiger partial charge on any atom is 0.231 e. The van der Waals surface area contributed by atoms with Crippen molar-refractivity contribution in [3.05, 3.63) is 23.8 Å². The fourth-order valence-electron chi connectivity index (χ4n) is 1.97. The first-order chi connectivity index (χ1) is 8.33. The van der Waals surface area contributed by atoms with Crippen molar-refractivity contribution in [2.45, 2.75) is 19.5 Å². The lowest BCUT2D eigenvalue weighted by molar-refractivity contribution is 0.173. The SMILES string of the molecule is CC1CN=C(NCc2cccc3c2OCO3)N1. The van der Waals surface area contributed by atoms with E-state index in [0.717, 1.165) is 29.6 Å². The molecular formula is C12H15N3O2. The molecule has 5 heteroatoms. The second kappa shape index (κ2) is 4.16. The third-order valence-corrected chi connectivity index (χ3v) is 2.83. The molecule has 2 heterocycles. The Morgan fingerprint density at radius 3 is 3.24 bits per heavy atom. The molecule has 3 rings (SSSR count). The molecule has 17 heavy (non-hydrogen) atoms. The van der Waals surface area contributed by atoms with Crippen LogP contribution in [0, 0.1) is 0 Å². The van der Waals surface area contributed by atoms with Gasteiger partial charge in [0.15, 0.2) is 17.5 Å². The summed E-state index contributed by atoms with van der Waals surface area (Å²) in [6.07, 6.45) is 0. The van der Waals surface area contributed by atoms with Crippen molar-refractivity contribution in [3.63, 3.8) is 0 Å². The molecule has 1 aromatic rings. The molecule has 0 amide bonds. The lowest BCUT2D eigenvalue weighted by Gasteiger charge is -2.10. The van der Waals surface area contributed by atoms with E-state index in [9.17, 15) is 0 Å². The Hall–Kier alpha value is -1.91. The molecule has 0 saturated carbocycles. The fourth-order valence-corrected chi connectivity index (χ4v) is 1.97. The van der Waals surface area contributed by atoms with E-state index in [4.69, 9.17) is 9.47 Å². The number of guanidine groups is 1. The molecule has 1 aromatic carbocycles. The van der Waals surface area contributed by atoms with Gasteiger partial charge in [-0.05, 0) is 13.0 Å². The number of ether oxygens (including phenoxy) is 2.